The Hall–Kier alpha value is -1.03. The number of hydrogen-bond acceptors (Lipinski definition) is 3. The summed E-state index contributed by atoms with van der Waals surface area (Å²) >= 11 is 7.71. The van der Waals surface area contributed by atoms with Crippen molar-refractivity contribution in [3.63, 3.8) is 0 Å². The van der Waals surface area contributed by atoms with E-state index in [0.29, 0.717) is 11.6 Å². The molecule has 2 nitrogen and oxygen atoms in total. The summed E-state index contributed by atoms with van der Waals surface area (Å²) in [4.78, 5) is 2.67. The number of nitrogens with one attached hydrogen (secondary N) is 1. The summed E-state index contributed by atoms with van der Waals surface area (Å²) in [6.45, 7) is 5.68. The van der Waals surface area contributed by atoms with Gasteiger partial charge in [0.15, 0.2) is 0 Å². The highest BCUT2D eigenvalue weighted by Crippen LogP contribution is 2.22. The number of hydrogen-bond donors (Lipinski definition) is 2. The largest absolute Gasteiger partial charge is 0.508 e. The number of aromatic hydroxyl groups is 1. The zero-order valence-electron chi connectivity index (χ0n) is 10.5. The van der Waals surface area contributed by atoms with Crippen LogP contribution >= 0.6 is 22.9 Å². The normalized spacial score (nSPS) is 10.8. The lowest BCUT2D eigenvalue weighted by Crippen LogP contribution is -2.11. The van der Waals surface area contributed by atoms with E-state index in [1.165, 1.54) is 15.3 Å². The summed E-state index contributed by atoms with van der Waals surface area (Å²) in [5.41, 5.74) is 2.16. The maximum Gasteiger partial charge on any atom is 0.120 e. The minimum atomic E-state index is 0.283. The first-order chi connectivity index (χ1) is 8.56. The molecule has 4 heteroatoms. The fourth-order valence-electron chi connectivity index (χ4n) is 1.75. The van der Waals surface area contributed by atoms with Gasteiger partial charge in [0.2, 0.25) is 0 Å². The number of rotatable bonds is 4. The smallest absolute Gasteiger partial charge is 0.120 e. The molecule has 1 aromatic carbocycles. The molecule has 1 heterocycles. The molecule has 0 unspecified atom stereocenters. The Labute approximate surface area is 116 Å². The summed E-state index contributed by atoms with van der Waals surface area (Å²) in [6, 6.07) is 7.30. The van der Waals surface area contributed by atoms with Gasteiger partial charge in [-0.2, -0.15) is 0 Å². The molecule has 2 aromatic rings. The quantitative estimate of drug-likeness (QED) is 0.887. The third kappa shape index (κ3) is 3.25. The van der Waals surface area contributed by atoms with Crippen LogP contribution in [0.15, 0.2) is 24.3 Å². The molecule has 2 N–H and O–H groups in total. The summed E-state index contributed by atoms with van der Waals surface area (Å²) in [5.74, 6) is 0.283. The summed E-state index contributed by atoms with van der Waals surface area (Å²) < 4.78 is 0. The number of aryl methyl sites for hydroxylation is 2. The van der Waals surface area contributed by atoms with Crippen LogP contribution in [-0.4, -0.2) is 5.11 Å². The molecule has 1 aromatic heterocycles. The fourth-order valence-corrected chi connectivity index (χ4v) is 2.97. The van der Waals surface area contributed by atoms with Gasteiger partial charge >= 0.3 is 0 Å². The first-order valence-electron chi connectivity index (χ1n) is 5.80. The van der Waals surface area contributed by atoms with Crippen molar-refractivity contribution < 1.29 is 5.11 Å². The molecule has 0 atom stereocenters. The Morgan fingerprint density at radius 1 is 1.22 bits per heavy atom. The van der Waals surface area contributed by atoms with Crippen LogP contribution in [-0.2, 0) is 13.1 Å². The van der Waals surface area contributed by atoms with Gasteiger partial charge in [-0.25, -0.2) is 0 Å². The maximum atomic E-state index is 9.68. The average Bonchev–Trinajstić information content (AvgIpc) is 2.63. The molecular formula is C14H16ClNOS. The molecule has 0 saturated carbocycles. The second kappa shape index (κ2) is 5.74. The van der Waals surface area contributed by atoms with E-state index in [-0.39, 0.29) is 5.75 Å². The van der Waals surface area contributed by atoms with Gasteiger partial charge < -0.3 is 10.4 Å². The van der Waals surface area contributed by atoms with Gasteiger partial charge in [-0.3, -0.25) is 0 Å². The summed E-state index contributed by atoms with van der Waals surface area (Å²) in [5, 5.41) is 13.6. The number of thiophene rings is 1. The highest BCUT2D eigenvalue weighted by Gasteiger charge is 2.04. The van der Waals surface area contributed by atoms with Crippen molar-refractivity contribution in [2.75, 3.05) is 0 Å². The highest BCUT2D eigenvalue weighted by molar-refractivity contribution is 7.12. The van der Waals surface area contributed by atoms with Crippen molar-refractivity contribution in [1.82, 2.24) is 5.32 Å². The molecule has 0 spiro atoms. The molecule has 0 bridgehead atoms. The Morgan fingerprint density at radius 3 is 2.67 bits per heavy atom. The molecule has 0 fully saturated rings. The minimum absolute atomic E-state index is 0.283. The Kier molecular flexibility index (Phi) is 4.27. The predicted octanol–water partition coefficient (Wildman–Crippen LogP) is 4.01. The molecule has 0 aliphatic rings. The number of phenols is 1. The molecule has 0 radical (unpaired) electrons. The van der Waals surface area contributed by atoms with E-state index in [4.69, 9.17) is 11.6 Å². The van der Waals surface area contributed by atoms with E-state index >= 15 is 0 Å². The van der Waals surface area contributed by atoms with Crippen LogP contribution in [0.5, 0.6) is 5.75 Å². The Balaban J connectivity index is 1.94. The Bertz CT molecular complexity index is 531. The highest BCUT2D eigenvalue weighted by atomic mass is 35.5. The first-order valence-corrected chi connectivity index (χ1v) is 6.99. The third-order valence-corrected chi connectivity index (χ3v) is 4.26. The number of halogens is 1. The second-order valence-electron chi connectivity index (χ2n) is 4.33. The van der Waals surface area contributed by atoms with Crippen LogP contribution in [0.25, 0.3) is 0 Å². The van der Waals surface area contributed by atoms with Crippen LogP contribution in [0.2, 0.25) is 5.02 Å². The van der Waals surface area contributed by atoms with Crippen LogP contribution in [0, 0.1) is 13.8 Å². The maximum absolute atomic E-state index is 9.68. The van der Waals surface area contributed by atoms with Gasteiger partial charge in [0.1, 0.15) is 5.75 Å². The lowest BCUT2D eigenvalue weighted by Gasteiger charge is -2.06. The zero-order chi connectivity index (χ0) is 13.1. The SMILES string of the molecule is Cc1cc(CNCc2cc(Cl)ccc2O)sc1C. The van der Waals surface area contributed by atoms with E-state index in [1.807, 2.05) is 0 Å². The van der Waals surface area contributed by atoms with Crippen molar-refractivity contribution in [3.8, 4) is 5.75 Å². The van der Waals surface area contributed by atoms with Crippen molar-refractivity contribution in [3.05, 3.63) is 50.2 Å². The molecular weight excluding hydrogens is 266 g/mol. The fraction of sp³-hybridized carbons (Fsp3) is 0.286. The predicted molar refractivity (Wildman–Crippen MR) is 77.5 cm³/mol. The monoisotopic (exact) mass is 281 g/mol. The molecule has 0 amide bonds. The Morgan fingerprint density at radius 2 is 2.00 bits per heavy atom. The van der Waals surface area contributed by atoms with E-state index in [1.54, 1.807) is 29.5 Å². The summed E-state index contributed by atoms with van der Waals surface area (Å²) in [7, 11) is 0. The van der Waals surface area contributed by atoms with E-state index in [2.05, 4.69) is 25.2 Å². The van der Waals surface area contributed by atoms with Crippen molar-refractivity contribution >= 4 is 22.9 Å². The van der Waals surface area contributed by atoms with Gasteiger partial charge in [0.25, 0.3) is 0 Å². The van der Waals surface area contributed by atoms with Crippen molar-refractivity contribution in [1.29, 1.82) is 0 Å². The molecule has 0 saturated heterocycles. The minimum Gasteiger partial charge on any atom is -0.508 e. The van der Waals surface area contributed by atoms with E-state index < -0.39 is 0 Å². The molecule has 0 aliphatic carbocycles. The van der Waals surface area contributed by atoms with Crippen LogP contribution in [0.1, 0.15) is 20.9 Å². The topological polar surface area (TPSA) is 32.3 Å². The van der Waals surface area contributed by atoms with Crippen molar-refractivity contribution in [2.45, 2.75) is 26.9 Å². The standard InChI is InChI=1S/C14H16ClNOS/c1-9-5-13(18-10(9)2)8-16-7-11-6-12(15)3-4-14(11)17/h3-6,16-17H,7-8H2,1-2H3. The lowest BCUT2D eigenvalue weighted by atomic mass is 10.2. The van der Waals surface area contributed by atoms with Crippen LogP contribution < -0.4 is 5.32 Å². The van der Waals surface area contributed by atoms with Crippen LogP contribution in [0.3, 0.4) is 0 Å². The first kappa shape index (κ1) is 13.4. The third-order valence-electron chi connectivity index (χ3n) is 2.87. The molecule has 18 heavy (non-hydrogen) atoms. The van der Waals surface area contributed by atoms with Crippen molar-refractivity contribution in [2.24, 2.45) is 0 Å². The van der Waals surface area contributed by atoms with Crippen LogP contribution in [0.4, 0.5) is 0 Å². The second-order valence-corrected chi connectivity index (χ2v) is 6.11. The average molecular weight is 282 g/mol. The summed E-state index contributed by atoms with van der Waals surface area (Å²) in [6.07, 6.45) is 0. The lowest BCUT2D eigenvalue weighted by molar-refractivity contribution is 0.464. The van der Waals surface area contributed by atoms with Gasteiger partial charge in [0.05, 0.1) is 0 Å². The molecule has 2 rings (SSSR count). The van der Waals surface area contributed by atoms with Gasteiger partial charge in [-0.1, -0.05) is 11.6 Å². The number of phenolic OH excluding ortho intramolecular Hbond substituents is 1. The molecule has 0 aliphatic heterocycles. The van der Waals surface area contributed by atoms with Gasteiger partial charge in [-0.05, 0) is 43.7 Å². The molecule has 96 valence electrons. The van der Waals surface area contributed by atoms with Gasteiger partial charge in [0, 0.05) is 33.4 Å². The van der Waals surface area contributed by atoms with Gasteiger partial charge in [-0.15, -0.1) is 11.3 Å². The van der Waals surface area contributed by atoms with E-state index in [9.17, 15) is 5.11 Å². The number of benzene rings is 1. The van der Waals surface area contributed by atoms with E-state index in [0.717, 1.165) is 12.1 Å². The zero-order valence-corrected chi connectivity index (χ0v) is 12.0.